The summed E-state index contributed by atoms with van der Waals surface area (Å²) >= 11 is 0. The Bertz CT molecular complexity index is 152. The molecule has 69 valence electrons. The van der Waals surface area contributed by atoms with Crippen LogP contribution in [0.2, 0.25) is 0 Å². The SMILES string of the molecule is CN(C)[C@@H]1CCN(C2C[CH]C2)C1. The lowest BCUT2D eigenvalue weighted by molar-refractivity contribution is 0.180. The maximum Gasteiger partial charge on any atom is 0.0229 e. The van der Waals surface area contributed by atoms with Crippen LogP contribution in [0.4, 0.5) is 0 Å². The molecule has 0 aromatic heterocycles. The van der Waals surface area contributed by atoms with Crippen LogP contribution in [0.5, 0.6) is 0 Å². The third-order valence-corrected chi connectivity index (χ3v) is 3.32. The summed E-state index contributed by atoms with van der Waals surface area (Å²) in [4.78, 5) is 5.02. The quantitative estimate of drug-likeness (QED) is 0.605. The second-order valence-electron chi connectivity index (χ2n) is 4.31. The van der Waals surface area contributed by atoms with Gasteiger partial charge in [0.05, 0.1) is 0 Å². The van der Waals surface area contributed by atoms with E-state index in [0.717, 1.165) is 12.1 Å². The van der Waals surface area contributed by atoms with Crippen molar-refractivity contribution in [2.45, 2.75) is 31.3 Å². The zero-order valence-electron chi connectivity index (χ0n) is 8.16. The summed E-state index contributed by atoms with van der Waals surface area (Å²) in [7, 11) is 4.39. The molecule has 0 unspecified atom stereocenters. The molecule has 2 aliphatic rings. The van der Waals surface area contributed by atoms with Crippen LogP contribution in [0.1, 0.15) is 19.3 Å². The molecule has 1 saturated carbocycles. The van der Waals surface area contributed by atoms with Crippen molar-refractivity contribution in [2.75, 3.05) is 27.2 Å². The molecule has 2 nitrogen and oxygen atoms in total. The lowest BCUT2D eigenvalue weighted by Gasteiger charge is -2.34. The summed E-state index contributed by atoms with van der Waals surface area (Å²) in [6, 6.07) is 1.71. The monoisotopic (exact) mass is 167 g/mol. The molecule has 0 aromatic carbocycles. The van der Waals surface area contributed by atoms with Crippen LogP contribution in [-0.4, -0.2) is 49.1 Å². The van der Waals surface area contributed by atoms with Crippen LogP contribution in [0.15, 0.2) is 0 Å². The number of likely N-dealkylation sites (tertiary alicyclic amines) is 1. The van der Waals surface area contributed by atoms with Gasteiger partial charge in [-0.05, 0) is 39.8 Å². The molecule has 12 heavy (non-hydrogen) atoms. The van der Waals surface area contributed by atoms with E-state index in [0.29, 0.717) is 0 Å². The van der Waals surface area contributed by atoms with Crippen molar-refractivity contribution in [1.29, 1.82) is 0 Å². The zero-order valence-corrected chi connectivity index (χ0v) is 8.16. The molecule has 2 fully saturated rings. The van der Waals surface area contributed by atoms with Gasteiger partial charge in [-0.3, -0.25) is 4.90 Å². The van der Waals surface area contributed by atoms with Crippen LogP contribution in [0.3, 0.4) is 0 Å². The Kier molecular flexibility index (Phi) is 2.37. The predicted octanol–water partition coefficient (Wildman–Crippen LogP) is 0.989. The number of likely N-dealkylation sites (N-methyl/N-ethyl adjacent to an activating group) is 1. The topological polar surface area (TPSA) is 6.48 Å². The van der Waals surface area contributed by atoms with Crippen LogP contribution < -0.4 is 0 Å². The first-order valence-electron chi connectivity index (χ1n) is 4.99. The number of nitrogens with zero attached hydrogens (tertiary/aromatic N) is 2. The summed E-state index contributed by atoms with van der Waals surface area (Å²) in [6.07, 6.45) is 6.43. The standard InChI is InChI=1S/C10H19N2/c1-11(2)10-6-7-12(8-10)9-4-3-5-9/h3,9-10H,4-8H2,1-2H3/t10-/m1/s1. The van der Waals surface area contributed by atoms with Crippen LogP contribution >= 0.6 is 0 Å². The van der Waals surface area contributed by atoms with Crippen molar-refractivity contribution in [1.82, 2.24) is 9.80 Å². The predicted molar refractivity (Wildman–Crippen MR) is 51.0 cm³/mol. The molecule has 2 heteroatoms. The van der Waals surface area contributed by atoms with Crippen molar-refractivity contribution in [3.05, 3.63) is 6.42 Å². The minimum atomic E-state index is 0.811. The average Bonchev–Trinajstić information content (AvgIpc) is 2.32. The summed E-state index contributed by atoms with van der Waals surface area (Å²) < 4.78 is 0. The van der Waals surface area contributed by atoms with E-state index in [2.05, 4.69) is 30.3 Å². The van der Waals surface area contributed by atoms with E-state index in [4.69, 9.17) is 0 Å². The van der Waals surface area contributed by atoms with Gasteiger partial charge >= 0.3 is 0 Å². The molecule has 0 N–H and O–H groups in total. The molecule has 1 atom stereocenters. The normalized spacial score (nSPS) is 32.8. The summed E-state index contributed by atoms with van der Waals surface area (Å²) in [6.45, 7) is 2.62. The first-order valence-corrected chi connectivity index (χ1v) is 4.99. The highest BCUT2D eigenvalue weighted by atomic mass is 15.2. The molecule has 1 aliphatic heterocycles. The van der Waals surface area contributed by atoms with Gasteiger partial charge in [0.2, 0.25) is 0 Å². The number of hydrogen-bond acceptors (Lipinski definition) is 2. The highest BCUT2D eigenvalue weighted by molar-refractivity contribution is 4.96. The lowest BCUT2D eigenvalue weighted by atomic mass is 9.92. The summed E-state index contributed by atoms with van der Waals surface area (Å²) in [5, 5.41) is 0. The third kappa shape index (κ3) is 1.50. The molecule has 2 rings (SSSR count). The Balaban J connectivity index is 1.81. The van der Waals surface area contributed by atoms with E-state index < -0.39 is 0 Å². The average molecular weight is 167 g/mol. The first-order chi connectivity index (χ1) is 5.77. The molecular weight excluding hydrogens is 148 g/mol. The van der Waals surface area contributed by atoms with Crippen molar-refractivity contribution in [3.63, 3.8) is 0 Å². The third-order valence-electron chi connectivity index (χ3n) is 3.32. The molecule has 1 radical (unpaired) electrons. The van der Waals surface area contributed by atoms with Gasteiger partial charge in [0.15, 0.2) is 0 Å². The van der Waals surface area contributed by atoms with E-state index in [1.807, 2.05) is 0 Å². The minimum absolute atomic E-state index is 0.811. The Morgan fingerprint density at radius 2 is 2.08 bits per heavy atom. The van der Waals surface area contributed by atoms with Crippen molar-refractivity contribution in [3.8, 4) is 0 Å². The van der Waals surface area contributed by atoms with Crippen molar-refractivity contribution < 1.29 is 0 Å². The molecule has 1 heterocycles. The second-order valence-corrected chi connectivity index (χ2v) is 4.31. The van der Waals surface area contributed by atoms with Gasteiger partial charge in [0, 0.05) is 25.2 Å². The Hall–Kier alpha value is -0.0800. The van der Waals surface area contributed by atoms with Gasteiger partial charge in [-0.25, -0.2) is 0 Å². The van der Waals surface area contributed by atoms with Gasteiger partial charge in [0.1, 0.15) is 0 Å². The maximum absolute atomic E-state index is 2.66. The van der Waals surface area contributed by atoms with Crippen LogP contribution in [0.25, 0.3) is 0 Å². The van der Waals surface area contributed by atoms with E-state index >= 15 is 0 Å². The van der Waals surface area contributed by atoms with Crippen molar-refractivity contribution >= 4 is 0 Å². The molecule has 0 bridgehead atoms. The van der Waals surface area contributed by atoms with Gasteiger partial charge < -0.3 is 4.90 Å². The first kappa shape index (κ1) is 8.52. The van der Waals surface area contributed by atoms with E-state index in [1.54, 1.807) is 0 Å². The highest BCUT2D eigenvalue weighted by Gasteiger charge is 2.31. The molecule has 0 aromatic rings. The van der Waals surface area contributed by atoms with Gasteiger partial charge in [-0.15, -0.1) is 0 Å². The Morgan fingerprint density at radius 1 is 1.33 bits per heavy atom. The van der Waals surface area contributed by atoms with Crippen LogP contribution in [-0.2, 0) is 0 Å². The Labute approximate surface area is 75.5 Å². The summed E-state index contributed by atoms with van der Waals surface area (Å²) in [5.41, 5.74) is 0. The summed E-state index contributed by atoms with van der Waals surface area (Å²) in [5.74, 6) is 0. The largest absolute Gasteiger partial charge is 0.305 e. The number of hydrogen-bond donors (Lipinski definition) is 0. The van der Waals surface area contributed by atoms with E-state index in [1.165, 1.54) is 32.4 Å². The minimum Gasteiger partial charge on any atom is -0.305 e. The van der Waals surface area contributed by atoms with E-state index in [-0.39, 0.29) is 0 Å². The molecule has 0 spiro atoms. The molecule has 0 amide bonds. The van der Waals surface area contributed by atoms with Gasteiger partial charge in [-0.1, -0.05) is 0 Å². The van der Waals surface area contributed by atoms with Crippen LogP contribution in [0, 0.1) is 6.42 Å². The molecule has 1 saturated heterocycles. The molecular formula is C10H19N2. The number of rotatable bonds is 2. The van der Waals surface area contributed by atoms with Crippen molar-refractivity contribution in [2.24, 2.45) is 0 Å². The second kappa shape index (κ2) is 3.35. The fourth-order valence-corrected chi connectivity index (χ4v) is 2.14. The fourth-order valence-electron chi connectivity index (χ4n) is 2.14. The zero-order chi connectivity index (χ0) is 8.55. The highest BCUT2D eigenvalue weighted by Crippen LogP contribution is 2.27. The lowest BCUT2D eigenvalue weighted by Crippen LogP contribution is -2.40. The fraction of sp³-hybridized carbons (Fsp3) is 0.900. The molecule has 1 aliphatic carbocycles. The van der Waals surface area contributed by atoms with Gasteiger partial charge in [-0.2, -0.15) is 0 Å². The van der Waals surface area contributed by atoms with E-state index in [9.17, 15) is 0 Å². The van der Waals surface area contributed by atoms with Gasteiger partial charge in [0.25, 0.3) is 0 Å². The maximum atomic E-state index is 2.66. The Morgan fingerprint density at radius 3 is 2.50 bits per heavy atom. The smallest absolute Gasteiger partial charge is 0.0229 e.